The summed E-state index contributed by atoms with van der Waals surface area (Å²) in [6, 6.07) is 11.8. The fourth-order valence-electron chi connectivity index (χ4n) is 2.47. The van der Waals surface area contributed by atoms with Gasteiger partial charge in [0, 0.05) is 18.3 Å². The van der Waals surface area contributed by atoms with E-state index in [0.717, 1.165) is 29.1 Å². The quantitative estimate of drug-likeness (QED) is 0.854. The molecular formula is C15H16N4OS. The Morgan fingerprint density at radius 2 is 2.14 bits per heavy atom. The van der Waals surface area contributed by atoms with Crippen LogP contribution in [0.15, 0.2) is 47.7 Å². The summed E-state index contributed by atoms with van der Waals surface area (Å²) in [4.78, 5) is 3.20. The zero-order valence-corrected chi connectivity index (χ0v) is 12.4. The van der Waals surface area contributed by atoms with E-state index < -0.39 is 0 Å². The molecule has 1 aliphatic heterocycles. The molecule has 1 aromatic carbocycles. The third kappa shape index (κ3) is 2.62. The van der Waals surface area contributed by atoms with Crippen molar-refractivity contribution in [3.05, 3.63) is 53.9 Å². The monoisotopic (exact) mass is 300 g/mol. The SMILES string of the molecule is COc1ccc(C2=NN(C(N)=S)C(c3ccc[nH]3)C2)cc1. The van der Waals surface area contributed by atoms with E-state index in [2.05, 4.69) is 10.1 Å². The minimum atomic E-state index is 0.0228. The van der Waals surface area contributed by atoms with Crippen molar-refractivity contribution >= 4 is 23.0 Å². The molecule has 3 N–H and O–H groups in total. The van der Waals surface area contributed by atoms with Crippen molar-refractivity contribution in [1.82, 2.24) is 9.99 Å². The van der Waals surface area contributed by atoms with Crippen molar-refractivity contribution in [2.75, 3.05) is 7.11 Å². The van der Waals surface area contributed by atoms with Gasteiger partial charge >= 0.3 is 0 Å². The minimum absolute atomic E-state index is 0.0228. The maximum atomic E-state index is 5.80. The number of H-pyrrole nitrogens is 1. The van der Waals surface area contributed by atoms with Crippen LogP contribution >= 0.6 is 12.2 Å². The van der Waals surface area contributed by atoms with Gasteiger partial charge in [0.1, 0.15) is 11.8 Å². The number of thiocarbonyl (C=S) groups is 1. The Labute approximate surface area is 128 Å². The van der Waals surface area contributed by atoms with Crippen LogP contribution in [0.1, 0.15) is 23.7 Å². The van der Waals surface area contributed by atoms with E-state index >= 15 is 0 Å². The van der Waals surface area contributed by atoms with Gasteiger partial charge in [0.05, 0.1) is 12.8 Å². The van der Waals surface area contributed by atoms with Gasteiger partial charge in [-0.05, 0) is 54.2 Å². The first kappa shape index (κ1) is 13.6. The predicted octanol–water partition coefficient (Wildman–Crippen LogP) is 2.42. The number of ether oxygens (including phenoxy) is 1. The Bertz CT molecular complexity index is 663. The van der Waals surface area contributed by atoms with Gasteiger partial charge in [-0.2, -0.15) is 5.10 Å². The van der Waals surface area contributed by atoms with E-state index in [0.29, 0.717) is 0 Å². The van der Waals surface area contributed by atoms with Crippen molar-refractivity contribution in [1.29, 1.82) is 0 Å². The molecule has 0 saturated carbocycles. The van der Waals surface area contributed by atoms with Gasteiger partial charge in [-0.25, -0.2) is 5.01 Å². The van der Waals surface area contributed by atoms with E-state index in [-0.39, 0.29) is 11.2 Å². The molecule has 0 aliphatic carbocycles. The van der Waals surface area contributed by atoms with Gasteiger partial charge < -0.3 is 15.5 Å². The molecule has 0 saturated heterocycles. The molecule has 5 nitrogen and oxygen atoms in total. The summed E-state index contributed by atoms with van der Waals surface area (Å²) < 4.78 is 5.18. The first-order valence-electron chi connectivity index (χ1n) is 6.63. The molecule has 108 valence electrons. The second-order valence-electron chi connectivity index (χ2n) is 4.80. The summed E-state index contributed by atoms with van der Waals surface area (Å²) in [5.41, 5.74) is 8.86. The number of hydrazone groups is 1. The Balaban J connectivity index is 1.89. The summed E-state index contributed by atoms with van der Waals surface area (Å²) in [7, 11) is 1.65. The van der Waals surface area contributed by atoms with Crippen LogP contribution in [-0.4, -0.2) is 27.9 Å². The molecule has 0 fully saturated rings. The van der Waals surface area contributed by atoms with E-state index in [1.54, 1.807) is 12.1 Å². The first-order chi connectivity index (χ1) is 10.2. The smallest absolute Gasteiger partial charge is 0.187 e. The topological polar surface area (TPSA) is 66.6 Å². The molecule has 2 aromatic rings. The number of nitrogens with one attached hydrogen (secondary N) is 1. The molecule has 1 aromatic heterocycles. The third-order valence-electron chi connectivity index (χ3n) is 3.54. The number of hydrogen-bond donors (Lipinski definition) is 2. The second-order valence-corrected chi connectivity index (χ2v) is 5.22. The number of nitrogens with two attached hydrogens (primary N) is 1. The lowest BCUT2D eigenvalue weighted by atomic mass is 10.0. The number of aromatic amines is 1. The van der Waals surface area contributed by atoms with Crippen molar-refractivity contribution in [2.45, 2.75) is 12.5 Å². The lowest BCUT2D eigenvalue weighted by molar-refractivity contribution is 0.367. The van der Waals surface area contributed by atoms with Crippen LogP contribution in [-0.2, 0) is 0 Å². The van der Waals surface area contributed by atoms with Crippen molar-refractivity contribution in [3.8, 4) is 5.75 Å². The molecule has 0 amide bonds. The molecule has 1 unspecified atom stereocenters. The van der Waals surface area contributed by atoms with Gasteiger partial charge in [-0.1, -0.05) is 0 Å². The van der Waals surface area contributed by atoms with Crippen molar-refractivity contribution in [2.24, 2.45) is 10.8 Å². The zero-order valence-electron chi connectivity index (χ0n) is 11.6. The fourth-order valence-corrected chi connectivity index (χ4v) is 2.63. The van der Waals surface area contributed by atoms with Gasteiger partial charge in [0.15, 0.2) is 5.11 Å². The summed E-state index contributed by atoms with van der Waals surface area (Å²) in [6.07, 6.45) is 2.64. The van der Waals surface area contributed by atoms with E-state index in [9.17, 15) is 0 Å². The Morgan fingerprint density at radius 1 is 1.38 bits per heavy atom. The Hall–Kier alpha value is -2.34. The number of hydrogen-bond acceptors (Lipinski definition) is 3. The van der Waals surface area contributed by atoms with Crippen LogP contribution in [0.3, 0.4) is 0 Å². The van der Waals surface area contributed by atoms with E-state index in [4.69, 9.17) is 22.7 Å². The average Bonchev–Trinajstić information content (AvgIpc) is 3.16. The zero-order chi connectivity index (χ0) is 14.8. The highest BCUT2D eigenvalue weighted by molar-refractivity contribution is 7.80. The van der Waals surface area contributed by atoms with Crippen LogP contribution in [0.2, 0.25) is 0 Å². The molecule has 0 spiro atoms. The maximum absolute atomic E-state index is 5.80. The Kier molecular flexibility index (Phi) is 3.62. The summed E-state index contributed by atoms with van der Waals surface area (Å²) in [5, 5.41) is 6.54. The lowest BCUT2D eigenvalue weighted by Crippen LogP contribution is -2.31. The number of nitrogens with zero attached hydrogens (tertiary/aromatic N) is 2. The minimum Gasteiger partial charge on any atom is -0.497 e. The van der Waals surface area contributed by atoms with Gasteiger partial charge in [-0.15, -0.1) is 0 Å². The molecule has 0 bridgehead atoms. The predicted molar refractivity (Wildman–Crippen MR) is 86.3 cm³/mol. The highest BCUT2D eigenvalue weighted by Crippen LogP contribution is 2.31. The molecule has 6 heteroatoms. The van der Waals surface area contributed by atoms with Gasteiger partial charge in [0.25, 0.3) is 0 Å². The van der Waals surface area contributed by atoms with Gasteiger partial charge in [0.2, 0.25) is 0 Å². The van der Waals surface area contributed by atoms with Crippen LogP contribution in [0.4, 0.5) is 0 Å². The van der Waals surface area contributed by atoms with Crippen molar-refractivity contribution < 1.29 is 4.74 Å². The number of methoxy groups -OCH3 is 1. The molecule has 1 aliphatic rings. The van der Waals surface area contributed by atoms with Crippen LogP contribution in [0, 0.1) is 0 Å². The van der Waals surface area contributed by atoms with Crippen LogP contribution in [0.5, 0.6) is 5.75 Å². The highest BCUT2D eigenvalue weighted by atomic mass is 32.1. The number of aromatic nitrogens is 1. The summed E-state index contributed by atoms with van der Waals surface area (Å²) in [5.74, 6) is 0.824. The standard InChI is InChI=1S/C15H16N4OS/c1-20-11-6-4-10(5-7-11)13-9-14(12-3-2-8-17-12)19(18-13)15(16)21/h2-8,14,17H,9H2,1H3,(H2,16,21). The molecule has 1 atom stereocenters. The normalized spacial score (nSPS) is 17.7. The van der Waals surface area contributed by atoms with Crippen LogP contribution in [0.25, 0.3) is 0 Å². The first-order valence-corrected chi connectivity index (χ1v) is 7.03. The highest BCUT2D eigenvalue weighted by Gasteiger charge is 2.30. The molecular weight excluding hydrogens is 284 g/mol. The molecule has 3 rings (SSSR count). The largest absolute Gasteiger partial charge is 0.497 e. The average molecular weight is 300 g/mol. The molecule has 0 radical (unpaired) electrons. The van der Waals surface area contributed by atoms with E-state index in [1.807, 2.05) is 42.6 Å². The molecule has 2 heterocycles. The lowest BCUT2D eigenvalue weighted by Gasteiger charge is -2.20. The number of benzene rings is 1. The molecule has 21 heavy (non-hydrogen) atoms. The third-order valence-corrected chi connectivity index (χ3v) is 3.73. The number of rotatable bonds is 3. The Morgan fingerprint density at radius 3 is 2.71 bits per heavy atom. The van der Waals surface area contributed by atoms with Crippen LogP contribution < -0.4 is 10.5 Å². The summed E-state index contributed by atoms with van der Waals surface area (Å²) in [6.45, 7) is 0. The fraction of sp³-hybridized carbons (Fsp3) is 0.200. The second kappa shape index (κ2) is 5.57. The maximum Gasteiger partial charge on any atom is 0.187 e. The van der Waals surface area contributed by atoms with E-state index in [1.165, 1.54) is 0 Å². The van der Waals surface area contributed by atoms with Gasteiger partial charge in [-0.3, -0.25) is 0 Å². The van der Waals surface area contributed by atoms with Crippen molar-refractivity contribution in [3.63, 3.8) is 0 Å². The summed E-state index contributed by atoms with van der Waals surface area (Å²) >= 11 is 5.11.